The molecular weight excluding hydrogens is 300 g/mol. The van der Waals surface area contributed by atoms with E-state index in [1.807, 2.05) is 18.2 Å². The van der Waals surface area contributed by atoms with Crippen molar-refractivity contribution in [2.24, 2.45) is 17.3 Å². The summed E-state index contributed by atoms with van der Waals surface area (Å²) >= 11 is 0. The molecule has 1 unspecified atom stereocenters. The number of hydrogen-bond donors (Lipinski definition) is 1. The Bertz CT molecular complexity index is 595. The molecule has 0 bridgehead atoms. The molecule has 1 aliphatic rings. The zero-order valence-corrected chi connectivity index (χ0v) is 15.2. The molecule has 1 heterocycles. The standard InChI is InChI=1S/C20H28N2O2/c1-5-24-19(23)18(13-21)20(12-17-9-7-6-8-10-17)11-16(3)22(4)14-15(20)2/h6-10,15-16,18H,5,11-12,14H2,1-4H3/p+1/t15-,16-,18-,20+/m0/s1. The van der Waals surface area contributed by atoms with E-state index in [4.69, 9.17) is 4.74 Å². The Kier molecular flexibility index (Phi) is 6.01. The van der Waals surface area contributed by atoms with Crippen molar-refractivity contribution >= 4 is 5.97 Å². The highest BCUT2D eigenvalue weighted by Crippen LogP contribution is 2.45. The summed E-state index contributed by atoms with van der Waals surface area (Å²) in [4.78, 5) is 14.0. The van der Waals surface area contributed by atoms with Crippen molar-refractivity contribution < 1.29 is 14.4 Å². The van der Waals surface area contributed by atoms with Crippen LogP contribution >= 0.6 is 0 Å². The number of carbonyl (C=O) groups is 1. The Morgan fingerprint density at radius 1 is 1.42 bits per heavy atom. The molecule has 2 rings (SSSR count). The molecule has 4 heteroatoms. The number of carbonyl (C=O) groups excluding carboxylic acids is 1. The first-order valence-electron chi connectivity index (χ1n) is 8.87. The predicted molar refractivity (Wildman–Crippen MR) is 93.3 cm³/mol. The van der Waals surface area contributed by atoms with Crippen LogP contribution < -0.4 is 4.90 Å². The van der Waals surface area contributed by atoms with E-state index >= 15 is 0 Å². The van der Waals surface area contributed by atoms with Crippen molar-refractivity contribution in [2.75, 3.05) is 20.2 Å². The molecule has 0 saturated carbocycles. The minimum absolute atomic E-state index is 0.267. The van der Waals surface area contributed by atoms with Crippen LogP contribution in [0.15, 0.2) is 30.3 Å². The molecule has 130 valence electrons. The zero-order chi connectivity index (χ0) is 17.7. The minimum Gasteiger partial charge on any atom is -0.465 e. The first kappa shape index (κ1) is 18.5. The normalized spacial score (nSPS) is 31.0. The molecular formula is C20H29N2O2+. The first-order chi connectivity index (χ1) is 11.4. The van der Waals surface area contributed by atoms with Gasteiger partial charge >= 0.3 is 5.97 Å². The van der Waals surface area contributed by atoms with Crippen molar-refractivity contribution in [2.45, 2.75) is 39.7 Å². The minimum atomic E-state index is -0.719. The Hall–Kier alpha value is -1.86. The summed E-state index contributed by atoms with van der Waals surface area (Å²) in [7, 11) is 2.19. The topological polar surface area (TPSA) is 54.5 Å². The fourth-order valence-electron chi connectivity index (χ4n) is 4.20. The van der Waals surface area contributed by atoms with Gasteiger partial charge in [-0.05, 0) is 25.8 Å². The van der Waals surface area contributed by atoms with Gasteiger partial charge in [-0.25, -0.2) is 0 Å². The van der Waals surface area contributed by atoms with Gasteiger partial charge in [-0.3, -0.25) is 4.79 Å². The molecule has 1 aromatic carbocycles. The smallest absolute Gasteiger partial charge is 0.323 e. The summed E-state index contributed by atoms with van der Waals surface area (Å²) < 4.78 is 5.25. The third-order valence-electron chi connectivity index (χ3n) is 5.74. The van der Waals surface area contributed by atoms with Crippen LogP contribution in [0.4, 0.5) is 0 Å². The molecule has 0 aliphatic carbocycles. The number of ether oxygens (including phenoxy) is 1. The monoisotopic (exact) mass is 329 g/mol. The largest absolute Gasteiger partial charge is 0.465 e. The number of nitrogens with one attached hydrogen (secondary N) is 1. The van der Waals surface area contributed by atoms with E-state index in [2.05, 4.69) is 39.1 Å². The highest BCUT2D eigenvalue weighted by atomic mass is 16.5. The summed E-state index contributed by atoms with van der Waals surface area (Å²) in [6, 6.07) is 12.9. The third-order valence-corrected chi connectivity index (χ3v) is 5.74. The molecule has 0 radical (unpaired) electrons. The third kappa shape index (κ3) is 3.62. The number of nitriles is 1. The number of rotatable bonds is 5. The number of esters is 1. The van der Waals surface area contributed by atoms with Crippen molar-refractivity contribution in [1.29, 1.82) is 5.26 Å². The lowest BCUT2D eigenvalue weighted by atomic mass is 9.59. The van der Waals surface area contributed by atoms with Gasteiger partial charge < -0.3 is 9.64 Å². The van der Waals surface area contributed by atoms with Crippen LogP contribution in [0.2, 0.25) is 0 Å². The van der Waals surface area contributed by atoms with Crippen molar-refractivity contribution in [3.63, 3.8) is 0 Å². The summed E-state index contributed by atoms with van der Waals surface area (Å²) in [5.74, 6) is -0.819. The molecule has 1 N–H and O–H groups in total. The fraction of sp³-hybridized carbons (Fsp3) is 0.600. The average molecular weight is 329 g/mol. The van der Waals surface area contributed by atoms with Gasteiger partial charge in [-0.2, -0.15) is 5.26 Å². The maximum Gasteiger partial charge on any atom is 0.323 e. The molecule has 1 aromatic rings. The molecule has 1 aliphatic heterocycles. The lowest BCUT2D eigenvalue weighted by Crippen LogP contribution is -3.15. The average Bonchev–Trinajstić information content (AvgIpc) is 2.55. The Balaban J connectivity index is 2.44. The van der Waals surface area contributed by atoms with Crippen LogP contribution in [0.5, 0.6) is 0 Å². The van der Waals surface area contributed by atoms with E-state index in [1.54, 1.807) is 6.92 Å². The van der Waals surface area contributed by atoms with E-state index in [9.17, 15) is 10.1 Å². The van der Waals surface area contributed by atoms with E-state index in [0.29, 0.717) is 12.6 Å². The van der Waals surface area contributed by atoms with Crippen molar-refractivity contribution in [1.82, 2.24) is 0 Å². The van der Waals surface area contributed by atoms with Crippen LogP contribution in [0.1, 0.15) is 32.8 Å². The van der Waals surface area contributed by atoms with Crippen LogP contribution in [0.3, 0.4) is 0 Å². The van der Waals surface area contributed by atoms with Crippen molar-refractivity contribution in [3.8, 4) is 6.07 Å². The zero-order valence-electron chi connectivity index (χ0n) is 15.2. The van der Waals surface area contributed by atoms with E-state index in [-0.39, 0.29) is 17.3 Å². The van der Waals surface area contributed by atoms with Gasteiger partial charge in [-0.15, -0.1) is 0 Å². The van der Waals surface area contributed by atoms with Crippen molar-refractivity contribution in [3.05, 3.63) is 35.9 Å². The molecule has 0 amide bonds. The molecule has 1 saturated heterocycles. The summed E-state index contributed by atoms with van der Waals surface area (Å²) in [6.07, 6.45) is 1.59. The quantitative estimate of drug-likeness (QED) is 0.839. The van der Waals surface area contributed by atoms with Gasteiger partial charge in [0.25, 0.3) is 0 Å². The summed E-state index contributed by atoms with van der Waals surface area (Å²) in [5.41, 5.74) is 0.807. The van der Waals surface area contributed by atoms with Gasteiger partial charge in [-0.1, -0.05) is 37.3 Å². The van der Waals surface area contributed by atoms with Crippen LogP contribution in [0.25, 0.3) is 0 Å². The SMILES string of the molecule is CCOC(=O)[C@H](C#N)[C@@]1(Cc2ccccc2)C[C@H](C)[NH+](C)C[C@@H]1C. The molecule has 4 nitrogen and oxygen atoms in total. The van der Waals surface area contributed by atoms with E-state index in [1.165, 1.54) is 10.5 Å². The Morgan fingerprint density at radius 3 is 2.67 bits per heavy atom. The maximum atomic E-state index is 12.6. The van der Waals surface area contributed by atoms with Gasteiger partial charge in [0.15, 0.2) is 5.92 Å². The van der Waals surface area contributed by atoms with Crippen LogP contribution in [-0.4, -0.2) is 32.2 Å². The van der Waals surface area contributed by atoms with Gasteiger partial charge in [0.1, 0.15) is 0 Å². The Morgan fingerprint density at radius 2 is 2.08 bits per heavy atom. The van der Waals surface area contributed by atoms with Gasteiger partial charge in [0, 0.05) is 17.8 Å². The lowest BCUT2D eigenvalue weighted by molar-refractivity contribution is -0.916. The molecule has 0 spiro atoms. The predicted octanol–water partition coefficient (Wildman–Crippen LogP) is 1.86. The number of piperidine rings is 1. The highest BCUT2D eigenvalue weighted by molar-refractivity contribution is 5.76. The maximum absolute atomic E-state index is 12.6. The number of benzene rings is 1. The van der Waals surface area contributed by atoms with Crippen LogP contribution in [-0.2, 0) is 16.0 Å². The number of nitrogens with zero attached hydrogens (tertiary/aromatic N) is 1. The second-order valence-corrected chi connectivity index (χ2v) is 7.27. The molecule has 0 aromatic heterocycles. The molecule has 24 heavy (non-hydrogen) atoms. The van der Waals surface area contributed by atoms with Gasteiger partial charge in [0.2, 0.25) is 0 Å². The molecule has 5 atom stereocenters. The number of likely N-dealkylation sites (tertiary alicyclic amines) is 1. The second kappa shape index (κ2) is 7.81. The number of quaternary nitrogens is 1. The summed E-state index contributed by atoms with van der Waals surface area (Å²) in [5, 5.41) is 9.83. The number of hydrogen-bond acceptors (Lipinski definition) is 3. The van der Waals surface area contributed by atoms with E-state index in [0.717, 1.165) is 19.4 Å². The van der Waals surface area contributed by atoms with E-state index < -0.39 is 5.92 Å². The highest BCUT2D eigenvalue weighted by Gasteiger charge is 2.53. The molecule has 1 fully saturated rings. The first-order valence-corrected chi connectivity index (χ1v) is 8.87. The lowest BCUT2D eigenvalue weighted by Gasteiger charge is -2.48. The van der Waals surface area contributed by atoms with Crippen LogP contribution in [0, 0.1) is 28.6 Å². The van der Waals surface area contributed by atoms with Gasteiger partial charge in [0.05, 0.1) is 32.3 Å². The fourth-order valence-corrected chi connectivity index (χ4v) is 4.20. The Labute approximate surface area is 145 Å². The summed E-state index contributed by atoms with van der Waals surface area (Å²) in [6.45, 7) is 7.46. The second-order valence-electron chi connectivity index (χ2n) is 7.27.